The number of hydrogen-bond donors (Lipinski definition) is 1. The zero-order chi connectivity index (χ0) is 10.9. The lowest BCUT2D eigenvalue weighted by molar-refractivity contribution is 0.235. The topological polar surface area (TPSA) is 24.9 Å². The molecule has 0 aliphatic heterocycles. The Morgan fingerprint density at radius 1 is 1.47 bits per heavy atom. The summed E-state index contributed by atoms with van der Waals surface area (Å²) >= 11 is 1.59. The van der Waals surface area contributed by atoms with Crippen molar-refractivity contribution in [3.05, 3.63) is 23.7 Å². The average Bonchev–Trinajstić information content (AvgIpc) is 2.60. The number of alkyl halides is 1. The van der Waals surface area contributed by atoms with Crippen LogP contribution in [0.5, 0.6) is 0 Å². The third-order valence-corrected chi connectivity index (χ3v) is 2.84. The van der Waals surface area contributed by atoms with Crippen LogP contribution in [0.2, 0.25) is 0 Å². The Hall–Kier alpha value is -1.16. The van der Waals surface area contributed by atoms with Gasteiger partial charge in [-0.25, -0.2) is 9.37 Å². The Kier molecular flexibility index (Phi) is 2.61. The quantitative estimate of drug-likeness (QED) is 0.863. The van der Waals surface area contributed by atoms with Crippen molar-refractivity contribution in [2.45, 2.75) is 19.5 Å². The van der Waals surface area contributed by atoms with Crippen LogP contribution in [0.4, 0.5) is 10.1 Å². The van der Waals surface area contributed by atoms with Crippen molar-refractivity contribution in [3.8, 4) is 0 Å². The van der Waals surface area contributed by atoms with E-state index in [0.29, 0.717) is 6.54 Å². The summed E-state index contributed by atoms with van der Waals surface area (Å²) in [7, 11) is 0. The van der Waals surface area contributed by atoms with Crippen LogP contribution in [-0.4, -0.2) is 17.2 Å². The molecule has 2 rings (SSSR count). The van der Waals surface area contributed by atoms with E-state index in [4.69, 9.17) is 0 Å². The highest BCUT2D eigenvalue weighted by atomic mass is 32.1. The van der Waals surface area contributed by atoms with E-state index in [2.05, 4.69) is 10.3 Å². The number of nitrogens with zero attached hydrogens (tertiary/aromatic N) is 1. The number of nitrogens with one attached hydrogen (secondary N) is 1. The van der Waals surface area contributed by atoms with Gasteiger partial charge in [-0.3, -0.25) is 0 Å². The van der Waals surface area contributed by atoms with Crippen LogP contribution >= 0.6 is 11.3 Å². The molecule has 0 fully saturated rings. The summed E-state index contributed by atoms with van der Waals surface area (Å²) in [6.45, 7) is 3.44. The monoisotopic (exact) mass is 224 g/mol. The van der Waals surface area contributed by atoms with Gasteiger partial charge in [-0.05, 0) is 32.0 Å². The smallest absolute Gasteiger partial charge is 0.122 e. The fourth-order valence-corrected chi connectivity index (χ4v) is 1.99. The lowest BCUT2D eigenvalue weighted by atomic mass is 10.1. The van der Waals surface area contributed by atoms with Gasteiger partial charge in [0.25, 0.3) is 0 Å². The first-order chi connectivity index (χ1) is 7.04. The maximum Gasteiger partial charge on any atom is 0.122 e. The summed E-state index contributed by atoms with van der Waals surface area (Å²) in [6.07, 6.45) is 0. The minimum atomic E-state index is -1.19. The van der Waals surface area contributed by atoms with Crippen molar-refractivity contribution >= 4 is 27.2 Å². The second-order valence-corrected chi connectivity index (χ2v) is 4.99. The van der Waals surface area contributed by atoms with E-state index in [1.807, 2.05) is 23.7 Å². The highest BCUT2D eigenvalue weighted by Crippen LogP contribution is 2.22. The molecule has 1 N–H and O–H groups in total. The van der Waals surface area contributed by atoms with Crippen LogP contribution in [0.3, 0.4) is 0 Å². The zero-order valence-electron chi connectivity index (χ0n) is 8.75. The number of benzene rings is 1. The molecule has 80 valence electrons. The lowest BCUT2D eigenvalue weighted by Crippen LogP contribution is -2.24. The molecular formula is C11H13FN2S. The summed E-state index contributed by atoms with van der Waals surface area (Å²) in [6, 6.07) is 5.87. The Morgan fingerprint density at radius 2 is 2.27 bits per heavy atom. The van der Waals surface area contributed by atoms with Gasteiger partial charge in [0.05, 0.1) is 15.7 Å². The zero-order valence-corrected chi connectivity index (χ0v) is 9.57. The van der Waals surface area contributed by atoms with E-state index in [-0.39, 0.29) is 0 Å². The Labute approximate surface area is 92.1 Å². The molecule has 0 saturated carbocycles. The second kappa shape index (κ2) is 3.77. The predicted molar refractivity (Wildman–Crippen MR) is 63.3 cm³/mol. The molecule has 2 nitrogen and oxygen atoms in total. The predicted octanol–water partition coefficient (Wildman–Crippen LogP) is 3.46. The van der Waals surface area contributed by atoms with Gasteiger partial charge in [0.2, 0.25) is 0 Å². The minimum Gasteiger partial charge on any atom is -0.382 e. The Morgan fingerprint density at radius 3 is 3.00 bits per heavy atom. The van der Waals surface area contributed by atoms with E-state index in [9.17, 15) is 4.39 Å². The van der Waals surface area contributed by atoms with Gasteiger partial charge >= 0.3 is 0 Å². The van der Waals surface area contributed by atoms with Crippen LogP contribution in [0, 0.1) is 0 Å². The van der Waals surface area contributed by atoms with Crippen molar-refractivity contribution in [2.75, 3.05) is 11.9 Å². The molecule has 1 heterocycles. The average molecular weight is 224 g/mol. The van der Waals surface area contributed by atoms with E-state index < -0.39 is 5.67 Å². The summed E-state index contributed by atoms with van der Waals surface area (Å²) in [5.41, 5.74) is 2.55. The third-order valence-electron chi connectivity index (χ3n) is 2.04. The molecule has 0 unspecified atom stereocenters. The maximum absolute atomic E-state index is 13.3. The van der Waals surface area contributed by atoms with E-state index in [0.717, 1.165) is 15.9 Å². The maximum atomic E-state index is 13.3. The molecule has 15 heavy (non-hydrogen) atoms. The summed E-state index contributed by atoms with van der Waals surface area (Å²) in [5.74, 6) is 0. The normalized spacial score (nSPS) is 11.9. The molecule has 0 atom stereocenters. The fourth-order valence-electron chi connectivity index (χ4n) is 1.28. The van der Waals surface area contributed by atoms with E-state index in [1.165, 1.54) is 0 Å². The minimum absolute atomic E-state index is 0.317. The fraction of sp³-hybridized carbons (Fsp3) is 0.364. The van der Waals surface area contributed by atoms with Crippen LogP contribution in [0.1, 0.15) is 13.8 Å². The number of aromatic nitrogens is 1. The molecule has 0 bridgehead atoms. The molecule has 0 aliphatic rings. The third kappa shape index (κ3) is 2.65. The van der Waals surface area contributed by atoms with Gasteiger partial charge in [0.15, 0.2) is 0 Å². The lowest BCUT2D eigenvalue weighted by Gasteiger charge is -2.15. The molecule has 0 spiro atoms. The SMILES string of the molecule is CC(C)(F)CNc1ccc2ncsc2c1. The molecule has 0 radical (unpaired) electrons. The van der Waals surface area contributed by atoms with Crippen LogP contribution in [0.25, 0.3) is 10.2 Å². The highest BCUT2D eigenvalue weighted by molar-refractivity contribution is 7.16. The van der Waals surface area contributed by atoms with Crippen molar-refractivity contribution in [1.29, 1.82) is 0 Å². The molecule has 4 heteroatoms. The molecule has 1 aromatic heterocycles. The van der Waals surface area contributed by atoms with Crippen LogP contribution < -0.4 is 5.32 Å². The van der Waals surface area contributed by atoms with Gasteiger partial charge in [-0.1, -0.05) is 0 Å². The highest BCUT2D eigenvalue weighted by Gasteiger charge is 2.14. The number of halogens is 1. The second-order valence-electron chi connectivity index (χ2n) is 4.11. The first-order valence-corrected chi connectivity index (χ1v) is 5.69. The van der Waals surface area contributed by atoms with Crippen molar-refractivity contribution in [1.82, 2.24) is 4.98 Å². The number of rotatable bonds is 3. The molecule has 2 aromatic rings. The van der Waals surface area contributed by atoms with E-state index >= 15 is 0 Å². The Bertz CT molecular complexity index is 459. The largest absolute Gasteiger partial charge is 0.382 e. The molecular weight excluding hydrogens is 211 g/mol. The Balaban J connectivity index is 2.15. The number of hydrogen-bond acceptors (Lipinski definition) is 3. The van der Waals surface area contributed by atoms with Crippen molar-refractivity contribution in [2.24, 2.45) is 0 Å². The molecule has 0 amide bonds. The summed E-state index contributed by atoms with van der Waals surface area (Å²) < 4.78 is 14.4. The first kappa shape index (κ1) is 10.4. The molecule has 1 aromatic carbocycles. The first-order valence-electron chi connectivity index (χ1n) is 4.81. The summed E-state index contributed by atoms with van der Waals surface area (Å²) in [4.78, 5) is 4.19. The van der Waals surface area contributed by atoms with Crippen LogP contribution in [-0.2, 0) is 0 Å². The van der Waals surface area contributed by atoms with Crippen molar-refractivity contribution in [3.63, 3.8) is 0 Å². The molecule has 0 saturated heterocycles. The number of thiazole rings is 1. The summed E-state index contributed by atoms with van der Waals surface area (Å²) in [5, 5.41) is 3.07. The number of fused-ring (bicyclic) bond motifs is 1. The van der Waals surface area contributed by atoms with Gasteiger partial charge in [0.1, 0.15) is 5.67 Å². The number of anilines is 1. The van der Waals surface area contributed by atoms with Gasteiger partial charge < -0.3 is 5.32 Å². The van der Waals surface area contributed by atoms with Gasteiger partial charge in [-0.15, -0.1) is 11.3 Å². The standard InChI is InChI=1S/C11H13FN2S/c1-11(2,12)6-13-8-3-4-9-10(5-8)15-7-14-9/h3-5,7,13H,6H2,1-2H3. The molecule has 0 aliphatic carbocycles. The van der Waals surface area contributed by atoms with Crippen molar-refractivity contribution < 1.29 is 4.39 Å². The van der Waals surface area contributed by atoms with Gasteiger partial charge in [0, 0.05) is 12.2 Å². The van der Waals surface area contributed by atoms with Crippen LogP contribution in [0.15, 0.2) is 23.7 Å². The van der Waals surface area contributed by atoms with Gasteiger partial charge in [-0.2, -0.15) is 0 Å². The van der Waals surface area contributed by atoms with E-state index in [1.54, 1.807) is 25.2 Å².